The summed E-state index contributed by atoms with van der Waals surface area (Å²) in [7, 11) is 0. The van der Waals surface area contributed by atoms with E-state index in [2.05, 4.69) is 35.9 Å². The van der Waals surface area contributed by atoms with Gasteiger partial charge in [-0.05, 0) is 31.0 Å². The SMILES string of the molecule is CCC(CC)n1ccc(CSc2c(N)cccc2Cl)n1. The quantitative estimate of drug-likeness (QED) is 0.617. The average molecular weight is 310 g/mol. The van der Waals surface area contributed by atoms with Crippen molar-refractivity contribution in [1.82, 2.24) is 9.78 Å². The Morgan fingerprint density at radius 3 is 2.70 bits per heavy atom. The Bertz CT molecular complexity index is 544. The third-order valence-corrected chi connectivity index (χ3v) is 4.95. The Morgan fingerprint density at radius 1 is 1.30 bits per heavy atom. The first-order valence-electron chi connectivity index (χ1n) is 6.86. The molecule has 0 fully saturated rings. The predicted octanol–water partition coefficient (Wildman–Crippen LogP) is 4.77. The zero-order valence-electron chi connectivity index (χ0n) is 11.8. The fraction of sp³-hybridized carbons (Fsp3) is 0.400. The van der Waals surface area contributed by atoms with Crippen molar-refractivity contribution in [3.8, 4) is 0 Å². The molecule has 3 nitrogen and oxygen atoms in total. The lowest BCUT2D eigenvalue weighted by Crippen LogP contribution is -2.07. The summed E-state index contributed by atoms with van der Waals surface area (Å²) in [6.45, 7) is 4.38. The first kappa shape index (κ1) is 15.3. The molecule has 0 aliphatic carbocycles. The maximum absolute atomic E-state index is 6.17. The van der Waals surface area contributed by atoms with Crippen LogP contribution in [-0.4, -0.2) is 9.78 Å². The van der Waals surface area contributed by atoms with Crippen LogP contribution in [0.2, 0.25) is 5.02 Å². The zero-order chi connectivity index (χ0) is 14.5. The Hall–Kier alpha value is -1.13. The predicted molar refractivity (Wildman–Crippen MR) is 87.3 cm³/mol. The monoisotopic (exact) mass is 309 g/mol. The molecule has 0 spiro atoms. The summed E-state index contributed by atoms with van der Waals surface area (Å²) < 4.78 is 2.06. The van der Waals surface area contributed by atoms with Crippen LogP contribution in [0.3, 0.4) is 0 Å². The smallest absolute Gasteiger partial charge is 0.0727 e. The van der Waals surface area contributed by atoms with E-state index in [0.717, 1.165) is 34.9 Å². The lowest BCUT2D eigenvalue weighted by atomic mass is 10.2. The first-order valence-corrected chi connectivity index (χ1v) is 8.22. The topological polar surface area (TPSA) is 43.8 Å². The number of thioether (sulfide) groups is 1. The van der Waals surface area contributed by atoms with Crippen LogP contribution in [0.25, 0.3) is 0 Å². The van der Waals surface area contributed by atoms with E-state index in [1.54, 1.807) is 11.8 Å². The molecule has 1 aromatic carbocycles. The summed E-state index contributed by atoms with van der Waals surface area (Å²) in [6, 6.07) is 8.15. The Balaban J connectivity index is 2.05. The number of hydrogen-bond acceptors (Lipinski definition) is 3. The van der Waals surface area contributed by atoms with E-state index >= 15 is 0 Å². The summed E-state index contributed by atoms with van der Waals surface area (Å²) in [5.41, 5.74) is 7.73. The molecule has 0 radical (unpaired) electrons. The Morgan fingerprint density at radius 2 is 2.05 bits per heavy atom. The van der Waals surface area contributed by atoms with E-state index in [1.165, 1.54) is 0 Å². The molecule has 20 heavy (non-hydrogen) atoms. The number of nitrogens with two attached hydrogens (primary N) is 1. The van der Waals surface area contributed by atoms with Crippen LogP contribution in [0, 0.1) is 0 Å². The van der Waals surface area contributed by atoms with Gasteiger partial charge in [0.15, 0.2) is 0 Å². The van der Waals surface area contributed by atoms with E-state index in [0.29, 0.717) is 11.1 Å². The molecule has 0 amide bonds. The Labute approximate surface area is 129 Å². The normalized spacial score (nSPS) is 11.2. The van der Waals surface area contributed by atoms with Gasteiger partial charge in [0.05, 0.1) is 16.8 Å². The van der Waals surface area contributed by atoms with Crippen LogP contribution in [0.4, 0.5) is 5.69 Å². The highest BCUT2D eigenvalue weighted by molar-refractivity contribution is 7.98. The number of halogens is 1. The first-order chi connectivity index (χ1) is 9.65. The van der Waals surface area contributed by atoms with Crippen LogP contribution in [0.15, 0.2) is 35.4 Å². The fourth-order valence-corrected chi connectivity index (χ4v) is 3.38. The highest BCUT2D eigenvalue weighted by atomic mass is 35.5. The van der Waals surface area contributed by atoms with Gasteiger partial charge in [-0.25, -0.2) is 0 Å². The number of nitrogens with zero attached hydrogens (tertiary/aromatic N) is 2. The van der Waals surface area contributed by atoms with Gasteiger partial charge in [0.2, 0.25) is 0 Å². The number of hydrogen-bond donors (Lipinski definition) is 1. The number of aromatic nitrogens is 2. The number of benzene rings is 1. The Kier molecular flexibility index (Phi) is 5.38. The molecule has 0 unspecified atom stereocenters. The fourth-order valence-electron chi connectivity index (χ4n) is 2.14. The third-order valence-electron chi connectivity index (χ3n) is 3.34. The van der Waals surface area contributed by atoms with Crippen LogP contribution >= 0.6 is 23.4 Å². The van der Waals surface area contributed by atoms with E-state index in [1.807, 2.05) is 18.2 Å². The standard InChI is InChI=1S/C15H20ClN3S/c1-3-12(4-2)19-9-8-11(18-19)10-20-15-13(16)6-5-7-14(15)17/h5-9,12H,3-4,10,17H2,1-2H3. The number of nitrogen functional groups attached to an aromatic ring is 1. The second-order valence-corrected chi connectivity index (χ2v) is 6.10. The van der Waals surface area contributed by atoms with Gasteiger partial charge in [0.1, 0.15) is 0 Å². The van der Waals surface area contributed by atoms with Gasteiger partial charge in [0.25, 0.3) is 0 Å². The molecule has 0 aliphatic rings. The molecule has 1 aromatic heterocycles. The van der Waals surface area contributed by atoms with Gasteiger partial charge >= 0.3 is 0 Å². The van der Waals surface area contributed by atoms with E-state index in [-0.39, 0.29) is 0 Å². The van der Waals surface area contributed by atoms with Gasteiger partial charge in [-0.1, -0.05) is 31.5 Å². The van der Waals surface area contributed by atoms with Gasteiger partial charge < -0.3 is 5.73 Å². The zero-order valence-corrected chi connectivity index (χ0v) is 13.4. The summed E-state index contributed by atoms with van der Waals surface area (Å²) in [5.74, 6) is 0.779. The number of anilines is 1. The third kappa shape index (κ3) is 3.49. The average Bonchev–Trinajstić information content (AvgIpc) is 2.88. The lowest BCUT2D eigenvalue weighted by Gasteiger charge is -2.12. The van der Waals surface area contributed by atoms with Crippen molar-refractivity contribution in [1.29, 1.82) is 0 Å². The summed E-state index contributed by atoms with van der Waals surface area (Å²) in [5, 5.41) is 5.34. The molecule has 0 aliphatic heterocycles. The molecule has 5 heteroatoms. The van der Waals surface area contributed by atoms with Gasteiger partial charge in [-0.2, -0.15) is 5.10 Å². The van der Waals surface area contributed by atoms with Crippen LogP contribution in [-0.2, 0) is 5.75 Å². The van der Waals surface area contributed by atoms with E-state index in [9.17, 15) is 0 Å². The molecular weight excluding hydrogens is 290 g/mol. The molecule has 0 atom stereocenters. The molecule has 1 heterocycles. The molecule has 2 aromatic rings. The van der Waals surface area contributed by atoms with Crippen molar-refractivity contribution in [3.05, 3.63) is 41.2 Å². The minimum Gasteiger partial charge on any atom is -0.398 e. The van der Waals surface area contributed by atoms with Crippen LogP contribution < -0.4 is 5.73 Å². The van der Waals surface area contributed by atoms with Crippen LogP contribution in [0.1, 0.15) is 38.4 Å². The van der Waals surface area contributed by atoms with Crippen molar-refractivity contribution in [2.75, 3.05) is 5.73 Å². The molecule has 0 saturated heterocycles. The summed E-state index contributed by atoms with van der Waals surface area (Å²) in [6.07, 6.45) is 4.26. The van der Waals surface area contributed by atoms with E-state index < -0.39 is 0 Å². The highest BCUT2D eigenvalue weighted by Crippen LogP contribution is 2.34. The summed E-state index contributed by atoms with van der Waals surface area (Å²) >= 11 is 7.80. The lowest BCUT2D eigenvalue weighted by molar-refractivity contribution is 0.426. The molecule has 2 N–H and O–H groups in total. The molecular formula is C15H20ClN3S. The maximum Gasteiger partial charge on any atom is 0.0727 e. The minimum absolute atomic E-state index is 0.485. The van der Waals surface area contributed by atoms with Gasteiger partial charge in [-0.3, -0.25) is 4.68 Å². The second-order valence-electron chi connectivity index (χ2n) is 4.70. The second kappa shape index (κ2) is 7.04. The summed E-state index contributed by atoms with van der Waals surface area (Å²) in [4.78, 5) is 0.936. The van der Waals surface area contributed by atoms with Gasteiger partial charge in [0, 0.05) is 22.5 Å². The van der Waals surface area contributed by atoms with Crippen molar-refractivity contribution in [2.24, 2.45) is 0 Å². The molecule has 0 bridgehead atoms. The van der Waals surface area contributed by atoms with Crippen LogP contribution in [0.5, 0.6) is 0 Å². The molecule has 0 saturated carbocycles. The van der Waals surface area contributed by atoms with E-state index in [4.69, 9.17) is 17.3 Å². The maximum atomic E-state index is 6.17. The number of rotatable bonds is 6. The highest BCUT2D eigenvalue weighted by Gasteiger charge is 2.10. The molecule has 2 rings (SSSR count). The van der Waals surface area contributed by atoms with Crippen molar-refractivity contribution < 1.29 is 0 Å². The minimum atomic E-state index is 0.485. The largest absolute Gasteiger partial charge is 0.398 e. The van der Waals surface area contributed by atoms with Crippen molar-refractivity contribution in [3.63, 3.8) is 0 Å². The molecule has 108 valence electrons. The van der Waals surface area contributed by atoms with Crippen molar-refractivity contribution >= 4 is 29.1 Å². The van der Waals surface area contributed by atoms with Gasteiger partial charge in [-0.15, -0.1) is 11.8 Å². The van der Waals surface area contributed by atoms with Crippen molar-refractivity contribution in [2.45, 2.75) is 43.4 Å².